The second-order valence-electron chi connectivity index (χ2n) is 5.68. The molecule has 0 spiro atoms. The Morgan fingerprint density at radius 1 is 1.24 bits per heavy atom. The average molecular weight is 304 g/mol. The van der Waals surface area contributed by atoms with Gasteiger partial charge in [-0.3, -0.25) is 10.3 Å². The number of hydrogen-bond acceptors (Lipinski definition) is 3. The van der Waals surface area contributed by atoms with Gasteiger partial charge in [0.05, 0.1) is 0 Å². The van der Waals surface area contributed by atoms with Gasteiger partial charge in [0, 0.05) is 44.2 Å². The van der Waals surface area contributed by atoms with E-state index in [2.05, 4.69) is 64.9 Å². The molecule has 0 aliphatic carbocycles. The Kier molecular flexibility index (Phi) is 6.14. The summed E-state index contributed by atoms with van der Waals surface area (Å²) in [5.74, 6) is 0. The predicted octanol–water partition coefficient (Wildman–Crippen LogP) is 2.51. The first-order valence-electron chi connectivity index (χ1n) is 7.51. The van der Waals surface area contributed by atoms with E-state index in [-0.39, 0.29) is 0 Å². The van der Waals surface area contributed by atoms with Crippen molar-refractivity contribution in [3.8, 4) is 0 Å². The minimum absolute atomic E-state index is 0.331. The first kappa shape index (κ1) is 15.9. The Bertz CT molecular complexity index is 474. The molecule has 0 atom stereocenters. The Morgan fingerprint density at radius 2 is 1.90 bits per heavy atom. The van der Waals surface area contributed by atoms with E-state index in [1.165, 1.54) is 11.3 Å². The zero-order valence-corrected chi connectivity index (χ0v) is 13.6. The van der Waals surface area contributed by atoms with Crippen molar-refractivity contribution in [2.75, 3.05) is 13.1 Å². The molecule has 21 heavy (non-hydrogen) atoms. The lowest BCUT2D eigenvalue weighted by Crippen LogP contribution is -2.38. The normalized spacial score (nSPS) is 15.9. The second kappa shape index (κ2) is 8.10. The lowest BCUT2D eigenvalue weighted by Gasteiger charge is -2.27. The highest BCUT2D eigenvalue weighted by Crippen LogP contribution is 2.11. The summed E-state index contributed by atoms with van der Waals surface area (Å²) in [4.78, 5) is 2.47. The molecule has 1 aliphatic heterocycles. The quantitative estimate of drug-likeness (QED) is 0.662. The van der Waals surface area contributed by atoms with Crippen LogP contribution >= 0.6 is 12.2 Å². The van der Waals surface area contributed by atoms with E-state index in [4.69, 9.17) is 12.2 Å². The van der Waals surface area contributed by atoms with E-state index in [0.717, 1.165) is 32.5 Å². The minimum atomic E-state index is 0.331. The van der Waals surface area contributed by atoms with Gasteiger partial charge in [0.25, 0.3) is 0 Å². The maximum absolute atomic E-state index is 5.17. The Labute approximate surface area is 132 Å². The van der Waals surface area contributed by atoms with Crippen molar-refractivity contribution < 1.29 is 0 Å². The SMILES string of the molecule is CC(C)NC(=S)NN=C1CCN(Cc2ccccc2)CC1. The molecule has 1 aromatic rings. The van der Waals surface area contributed by atoms with Crippen LogP contribution in [0.1, 0.15) is 32.3 Å². The molecule has 0 unspecified atom stereocenters. The first-order chi connectivity index (χ1) is 10.1. The smallest absolute Gasteiger partial charge is 0.187 e. The van der Waals surface area contributed by atoms with E-state index in [1.54, 1.807) is 0 Å². The molecule has 2 N–H and O–H groups in total. The molecule has 1 fully saturated rings. The number of benzene rings is 1. The van der Waals surface area contributed by atoms with Crippen molar-refractivity contribution in [1.29, 1.82) is 0 Å². The third kappa shape index (κ3) is 5.81. The van der Waals surface area contributed by atoms with Gasteiger partial charge in [0.15, 0.2) is 5.11 Å². The van der Waals surface area contributed by atoms with Gasteiger partial charge in [-0.05, 0) is 31.6 Å². The third-order valence-corrected chi connectivity index (χ3v) is 3.63. The van der Waals surface area contributed by atoms with E-state index in [1.807, 2.05) is 0 Å². The summed E-state index contributed by atoms with van der Waals surface area (Å²) < 4.78 is 0. The number of hydrazone groups is 1. The van der Waals surface area contributed by atoms with Crippen LogP contribution in [0.2, 0.25) is 0 Å². The number of thiocarbonyl (C=S) groups is 1. The molecular formula is C16H24N4S. The summed E-state index contributed by atoms with van der Waals surface area (Å²) in [6, 6.07) is 10.9. The van der Waals surface area contributed by atoms with Crippen LogP contribution in [0, 0.1) is 0 Å². The molecule has 2 rings (SSSR count). The Morgan fingerprint density at radius 3 is 2.52 bits per heavy atom. The average Bonchev–Trinajstić information content (AvgIpc) is 2.47. The van der Waals surface area contributed by atoms with Gasteiger partial charge in [0.2, 0.25) is 0 Å². The summed E-state index contributed by atoms with van der Waals surface area (Å²) in [7, 11) is 0. The van der Waals surface area contributed by atoms with E-state index >= 15 is 0 Å². The summed E-state index contributed by atoms with van der Waals surface area (Å²) in [5.41, 5.74) is 5.51. The molecule has 0 saturated carbocycles. The zero-order valence-electron chi connectivity index (χ0n) is 12.8. The van der Waals surface area contributed by atoms with Crippen LogP contribution in [-0.4, -0.2) is 34.9 Å². The molecule has 1 saturated heterocycles. The number of rotatable bonds is 4. The van der Waals surface area contributed by atoms with Gasteiger partial charge < -0.3 is 5.32 Å². The maximum Gasteiger partial charge on any atom is 0.187 e. The number of hydrogen-bond donors (Lipinski definition) is 2. The number of nitrogens with zero attached hydrogens (tertiary/aromatic N) is 2. The lowest BCUT2D eigenvalue weighted by molar-refractivity contribution is 0.266. The molecule has 0 bridgehead atoms. The molecule has 1 aromatic carbocycles. The fourth-order valence-electron chi connectivity index (χ4n) is 2.35. The zero-order chi connectivity index (χ0) is 15.1. The number of likely N-dealkylation sites (tertiary alicyclic amines) is 1. The van der Waals surface area contributed by atoms with Gasteiger partial charge in [-0.2, -0.15) is 5.10 Å². The van der Waals surface area contributed by atoms with Crippen LogP contribution in [0.15, 0.2) is 35.4 Å². The van der Waals surface area contributed by atoms with E-state index in [9.17, 15) is 0 Å². The first-order valence-corrected chi connectivity index (χ1v) is 7.92. The molecule has 0 aromatic heterocycles. The standard InChI is InChI=1S/C16H24N4S/c1-13(2)17-16(21)19-18-15-8-10-20(11-9-15)12-14-6-4-3-5-7-14/h3-7,13H,8-12H2,1-2H3,(H2,17,19,21). The second-order valence-corrected chi connectivity index (χ2v) is 6.09. The summed E-state index contributed by atoms with van der Waals surface area (Å²) in [6.45, 7) is 7.25. The number of nitrogens with one attached hydrogen (secondary N) is 2. The Balaban J connectivity index is 1.74. The van der Waals surface area contributed by atoms with Crippen molar-refractivity contribution >= 4 is 23.0 Å². The van der Waals surface area contributed by atoms with Crippen molar-refractivity contribution in [2.24, 2.45) is 5.10 Å². The highest BCUT2D eigenvalue weighted by molar-refractivity contribution is 7.80. The molecule has 0 radical (unpaired) electrons. The van der Waals surface area contributed by atoms with Crippen molar-refractivity contribution in [2.45, 2.75) is 39.3 Å². The lowest BCUT2D eigenvalue weighted by atomic mass is 10.1. The molecule has 0 amide bonds. The molecule has 114 valence electrons. The molecule has 1 heterocycles. The monoisotopic (exact) mass is 304 g/mol. The van der Waals surface area contributed by atoms with Crippen molar-refractivity contribution in [3.63, 3.8) is 0 Å². The largest absolute Gasteiger partial charge is 0.359 e. The van der Waals surface area contributed by atoms with Gasteiger partial charge >= 0.3 is 0 Å². The van der Waals surface area contributed by atoms with Crippen LogP contribution in [-0.2, 0) is 6.54 Å². The fourth-order valence-corrected chi connectivity index (χ4v) is 2.63. The molecule has 1 aliphatic rings. The van der Waals surface area contributed by atoms with Crippen molar-refractivity contribution in [3.05, 3.63) is 35.9 Å². The summed E-state index contributed by atoms with van der Waals surface area (Å²) in [6.07, 6.45) is 2.01. The minimum Gasteiger partial charge on any atom is -0.359 e. The highest BCUT2D eigenvalue weighted by Gasteiger charge is 2.15. The molecular weight excluding hydrogens is 280 g/mol. The Hall–Kier alpha value is -1.46. The third-order valence-electron chi connectivity index (χ3n) is 3.42. The van der Waals surface area contributed by atoms with Crippen LogP contribution in [0.5, 0.6) is 0 Å². The fraction of sp³-hybridized carbons (Fsp3) is 0.500. The van der Waals surface area contributed by atoms with E-state index in [0.29, 0.717) is 11.2 Å². The van der Waals surface area contributed by atoms with Crippen LogP contribution < -0.4 is 10.7 Å². The summed E-state index contributed by atoms with van der Waals surface area (Å²) >= 11 is 5.17. The predicted molar refractivity (Wildman–Crippen MR) is 92.4 cm³/mol. The molecule has 4 nitrogen and oxygen atoms in total. The highest BCUT2D eigenvalue weighted by atomic mass is 32.1. The topological polar surface area (TPSA) is 39.7 Å². The van der Waals surface area contributed by atoms with Gasteiger partial charge in [-0.15, -0.1) is 0 Å². The van der Waals surface area contributed by atoms with E-state index < -0.39 is 0 Å². The molecule has 5 heteroatoms. The van der Waals surface area contributed by atoms with Crippen LogP contribution in [0.4, 0.5) is 0 Å². The maximum atomic E-state index is 5.17. The summed E-state index contributed by atoms with van der Waals surface area (Å²) in [5, 5.41) is 8.14. The van der Waals surface area contributed by atoms with Crippen molar-refractivity contribution in [1.82, 2.24) is 15.6 Å². The number of piperidine rings is 1. The van der Waals surface area contributed by atoms with Gasteiger partial charge in [-0.25, -0.2) is 0 Å². The van der Waals surface area contributed by atoms with Gasteiger partial charge in [0.1, 0.15) is 0 Å². The van der Waals surface area contributed by atoms with Crippen LogP contribution in [0.3, 0.4) is 0 Å². The van der Waals surface area contributed by atoms with Gasteiger partial charge in [-0.1, -0.05) is 30.3 Å². The van der Waals surface area contributed by atoms with Crippen LogP contribution in [0.25, 0.3) is 0 Å².